The van der Waals surface area contributed by atoms with E-state index in [9.17, 15) is 4.79 Å². The van der Waals surface area contributed by atoms with Gasteiger partial charge in [0.15, 0.2) is 0 Å². The van der Waals surface area contributed by atoms with Crippen molar-refractivity contribution in [1.29, 1.82) is 0 Å². The summed E-state index contributed by atoms with van der Waals surface area (Å²) in [6.07, 6.45) is 3.00. The van der Waals surface area contributed by atoms with Crippen LogP contribution in [0.5, 0.6) is 0 Å². The molecule has 5 heteroatoms. The molecular formula is C13H21N3OS. The number of aromatic nitrogens is 2. The minimum atomic E-state index is 0.0786. The van der Waals surface area contributed by atoms with Gasteiger partial charge in [0, 0.05) is 16.9 Å². The van der Waals surface area contributed by atoms with Gasteiger partial charge >= 0.3 is 0 Å². The molecule has 2 heterocycles. The van der Waals surface area contributed by atoms with E-state index in [4.69, 9.17) is 0 Å². The van der Waals surface area contributed by atoms with Crippen LogP contribution in [0.2, 0.25) is 0 Å². The van der Waals surface area contributed by atoms with Gasteiger partial charge in [-0.15, -0.1) is 11.8 Å². The summed E-state index contributed by atoms with van der Waals surface area (Å²) < 4.78 is 1.91. The molecule has 1 atom stereocenters. The third-order valence-corrected chi connectivity index (χ3v) is 4.30. The van der Waals surface area contributed by atoms with E-state index in [0.29, 0.717) is 16.9 Å². The zero-order chi connectivity index (χ0) is 13.3. The first-order chi connectivity index (χ1) is 8.49. The number of nitrogens with zero attached hydrogens (tertiary/aromatic N) is 2. The van der Waals surface area contributed by atoms with E-state index in [0.717, 1.165) is 12.2 Å². The quantitative estimate of drug-likeness (QED) is 0.914. The van der Waals surface area contributed by atoms with Crippen LogP contribution >= 0.6 is 11.8 Å². The Morgan fingerprint density at radius 3 is 2.83 bits per heavy atom. The SMILES string of the molecule is CC(C)CC1SCC(=O)Nc2c1cnn2C(C)C. The van der Waals surface area contributed by atoms with Crippen LogP contribution in [0.3, 0.4) is 0 Å². The van der Waals surface area contributed by atoms with Crippen molar-refractivity contribution in [2.75, 3.05) is 11.1 Å². The van der Waals surface area contributed by atoms with Gasteiger partial charge in [0.05, 0.1) is 11.9 Å². The lowest BCUT2D eigenvalue weighted by atomic mass is 10.0. The molecule has 1 aliphatic rings. The van der Waals surface area contributed by atoms with Gasteiger partial charge in [-0.2, -0.15) is 5.10 Å². The number of anilines is 1. The first kappa shape index (κ1) is 13.5. The first-order valence-electron chi connectivity index (χ1n) is 6.48. The second-order valence-corrected chi connectivity index (χ2v) is 6.66. The number of carbonyl (C=O) groups excluding carboxylic acids is 1. The zero-order valence-corrected chi connectivity index (χ0v) is 12.3. The Labute approximate surface area is 113 Å². The number of hydrogen-bond donors (Lipinski definition) is 1. The van der Waals surface area contributed by atoms with E-state index in [-0.39, 0.29) is 11.9 Å². The molecule has 0 aliphatic carbocycles. The molecular weight excluding hydrogens is 246 g/mol. The summed E-state index contributed by atoms with van der Waals surface area (Å²) in [5.41, 5.74) is 1.17. The highest BCUT2D eigenvalue weighted by molar-refractivity contribution is 8.00. The summed E-state index contributed by atoms with van der Waals surface area (Å²) in [7, 11) is 0. The Morgan fingerprint density at radius 1 is 1.50 bits per heavy atom. The van der Waals surface area contributed by atoms with Crippen molar-refractivity contribution >= 4 is 23.5 Å². The van der Waals surface area contributed by atoms with Gasteiger partial charge < -0.3 is 5.32 Å². The van der Waals surface area contributed by atoms with Gasteiger partial charge in [0.2, 0.25) is 5.91 Å². The van der Waals surface area contributed by atoms with Crippen molar-refractivity contribution < 1.29 is 4.79 Å². The number of rotatable bonds is 3. The van der Waals surface area contributed by atoms with Crippen molar-refractivity contribution in [3.8, 4) is 0 Å². The topological polar surface area (TPSA) is 46.9 Å². The smallest absolute Gasteiger partial charge is 0.235 e. The molecule has 100 valence electrons. The fourth-order valence-electron chi connectivity index (χ4n) is 2.19. The normalized spacial score (nSPS) is 19.9. The number of thioether (sulfide) groups is 1. The van der Waals surface area contributed by atoms with E-state index in [1.165, 1.54) is 5.56 Å². The molecule has 0 saturated heterocycles. The molecule has 1 N–H and O–H groups in total. The van der Waals surface area contributed by atoms with E-state index >= 15 is 0 Å². The largest absolute Gasteiger partial charge is 0.310 e. The number of carbonyl (C=O) groups is 1. The van der Waals surface area contributed by atoms with Gasteiger partial charge in [-0.3, -0.25) is 4.79 Å². The van der Waals surface area contributed by atoms with E-state index < -0.39 is 0 Å². The van der Waals surface area contributed by atoms with E-state index in [1.54, 1.807) is 11.8 Å². The molecule has 0 spiro atoms. The molecule has 1 aromatic heterocycles. The van der Waals surface area contributed by atoms with Crippen LogP contribution in [0.25, 0.3) is 0 Å². The van der Waals surface area contributed by atoms with Crippen molar-refractivity contribution in [2.45, 2.75) is 45.4 Å². The van der Waals surface area contributed by atoms with Crippen LogP contribution < -0.4 is 5.32 Å². The molecule has 2 rings (SSSR count). The van der Waals surface area contributed by atoms with Crippen LogP contribution in [0, 0.1) is 5.92 Å². The third kappa shape index (κ3) is 2.71. The van der Waals surface area contributed by atoms with Gasteiger partial charge in [-0.1, -0.05) is 13.8 Å². The lowest BCUT2D eigenvalue weighted by Crippen LogP contribution is -2.17. The highest BCUT2D eigenvalue weighted by Gasteiger charge is 2.27. The van der Waals surface area contributed by atoms with E-state index in [1.807, 2.05) is 10.9 Å². The Kier molecular flexibility index (Phi) is 4.00. The predicted octanol–water partition coefficient (Wildman–Crippen LogP) is 3.24. The molecule has 1 aliphatic heterocycles. The number of amides is 1. The van der Waals surface area contributed by atoms with Crippen LogP contribution in [-0.4, -0.2) is 21.4 Å². The Hall–Kier alpha value is -0.970. The van der Waals surface area contributed by atoms with Crippen molar-refractivity contribution in [2.24, 2.45) is 5.92 Å². The van der Waals surface area contributed by atoms with Gasteiger partial charge in [-0.25, -0.2) is 4.68 Å². The maximum absolute atomic E-state index is 11.8. The summed E-state index contributed by atoms with van der Waals surface area (Å²) in [5, 5.41) is 7.78. The molecule has 0 saturated carbocycles. The molecule has 0 bridgehead atoms. The van der Waals surface area contributed by atoms with Crippen LogP contribution in [0.1, 0.15) is 51.0 Å². The molecule has 0 radical (unpaired) electrons. The monoisotopic (exact) mass is 267 g/mol. The zero-order valence-electron chi connectivity index (χ0n) is 11.4. The maximum Gasteiger partial charge on any atom is 0.235 e. The molecule has 0 aromatic carbocycles. The average Bonchev–Trinajstić information content (AvgIpc) is 2.61. The van der Waals surface area contributed by atoms with E-state index in [2.05, 4.69) is 38.1 Å². The highest BCUT2D eigenvalue weighted by Crippen LogP contribution is 2.41. The van der Waals surface area contributed by atoms with Crippen LogP contribution in [-0.2, 0) is 4.79 Å². The second kappa shape index (κ2) is 5.34. The summed E-state index contributed by atoms with van der Waals surface area (Å²) in [6.45, 7) is 8.59. The molecule has 18 heavy (non-hydrogen) atoms. The van der Waals surface area contributed by atoms with Gasteiger partial charge in [0.1, 0.15) is 5.82 Å². The Morgan fingerprint density at radius 2 is 2.22 bits per heavy atom. The molecule has 4 nitrogen and oxygen atoms in total. The summed E-state index contributed by atoms with van der Waals surface area (Å²) in [5.74, 6) is 2.12. The fraction of sp³-hybridized carbons (Fsp3) is 0.692. The minimum absolute atomic E-state index is 0.0786. The summed E-state index contributed by atoms with van der Waals surface area (Å²) in [6, 6.07) is 0.261. The summed E-state index contributed by atoms with van der Waals surface area (Å²) in [4.78, 5) is 11.8. The molecule has 1 unspecified atom stereocenters. The highest BCUT2D eigenvalue weighted by atomic mass is 32.2. The standard InChI is InChI=1S/C13H21N3OS/c1-8(2)5-11-10-6-14-16(9(3)4)13(10)15-12(17)7-18-11/h6,8-9,11H,5,7H2,1-4H3,(H,15,17). The lowest BCUT2D eigenvalue weighted by molar-refractivity contribution is -0.113. The number of nitrogens with one attached hydrogen (secondary N) is 1. The second-order valence-electron chi connectivity index (χ2n) is 5.46. The molecule has 1 aromatic rings. The van der Waals surface area contributed by atoms with Gasteiger partial charge in [0.25, 0.3) is 0 Å². The molecule has 1 amide bonds. The number of hydrogen-bond acceptors (Lipinski definition) is 3. The fourth-order valence-corrected chi connectivity index (χ4v) is 3.49. The lowest BCUT2D eigenvalue weighted by Gasteiger charge is -2.16. The van der Waals surface area contributed by atoms with Crippen LogP contribution in [0.4, 0.5) is 5.82 Å². The first-order valence-corrected chi connectivity index (χ1v) is 7.52. The van der Waals surface area contributed by atoms with Gasteiger partial charge in [-0.05, 0) is 26.2 Å². The van der Waals surface area contributed by atoms with Crippen molar-refractivity contribution in [3.63, 3.8) is 0 Å². The third-order valence-electron chi connectivity index (χ3n) is 3.02. The number of fused-ring (bicyclic) bond motifs is 1. The summed E-state index contributed by atoms with van der Waals surface area (Å²) >= 11 is 1.72. The Balaban J connectivity index is 2.37. The average molecular weight is 267 g/mol. The van der Waals surface area contributed by atoms with Crippen LogP contribution in [0.15, 0.2) is 6.20 Å². The molecule has 0 fully saturated rings. The Bertz CT molecular complexity index is 439. The van der Waals surface area contributed by atoms with Crippen molar-refractivity contribution in [3.05, 3.63) is 11.8 Å². The maximum atomic E-state index is 11.8. The van der Waals surface area contributed by atoms with Crippen molar-refractivity contribution in [1.82, 2.24) is 9.78 Å². The predicted molar refractivity (Wildman–Crippen MR) is 75.9 cm³/mol. The minimum Gasteiger partial charge on any atom is -0.310 e.